The SMILES string of the molecule is O=C(/C=C(\[O-])C(F)(F)F)C(F)(F)F.O=C(/C=C(\[O-])C(F)(F)F)C(F)(F)F.[Co+2].[OH3+].[OH3+]. The summed E-state index contributed by atoms with van der Waals surface area (Å²) < 4.78 is 136. The normalized spacial score (nSPS) is 13.0. The zero-order valence-electron chi connectivity index (χ0n) is 12.8. The Morgan fingerprint density at radius 2 is 0.690 bits per heavy atom. The Morgan fingerprint density at radius 3 is 0.793 bits per heavy atom. The van der Waals surface area contributed by atoms with Crippen molar-refractivity contribution in [2.75, 3.05) is 0 Å². The van der Waals surface area contributed by atoms with E-state index in [0.29, 0.717) is 0 Å². The number of hydrogen-bond donors (Lipinski definition) is 0. The van der Waals surface area contributed by atoms with Crippen LogP contribution in [-0.4, -0.2) is 36.3 Å². The van der Waals surface area contributed by atoms with Crippen LogP contribution in [-0.2, 0) is 37.3 Å². The first kappa shape index (κ1) is 37.7. The molecule has 0 bridgehead atoms. The van der Waals surface area contributed by atoms with Crippen LogP contribution < -0.4 is 10.2 Å². The van der Waals surface area contributed by atoms with Gasteiger partial charge in [0.15, 0.2) is 0 Å². The molecule has 0 aromatic carbocycles. The van der Waals surface area contributed by atoms with Crippen LogP contribution in [0.2, 0.25) is 0 Å². The van der Waals surface area contributed by atoms with Crippen molar-refractivity contribution in [3.8, 4) is 0 Å². The van der Waals surface area contributed by atoms with E-state index >= 15 is 0 Å². The molecule has 0 aromatic rings. The average molecular weight is 511 g/mol. The van der Waals surface area contributed by atoms with E-state index in [1.165, 1.54) is 0 Å². The molecule has 19 heteroatoms. The maximum absolute atomic E-state index is 11.3. The summed E-state index contributed by atoms with van der Waals surface area (Å²) in [6.07, 6.45) is -23.9. The van der Waals surface area contributed by atoms with Gasteiger partial charge in [-0.15, -0.1) is 0 Å². The van der Waals surface area contributed by atoms with Gasteiger partial charge in [-0.05, 0) is 23.7 Å². The van der Waals surface area contributed by atoms with Crippen molar-refractivity contribution < 1.29 is 100 Å². The largest absolute Gasteiger partial charge is 2.00 e. The van der Waals surface area contributed by atoms with Crippen molar-refractivity contribution in [2.45, 2.75) is 24.7 Å². The molecule has 0 saturated heterocycles. The Labute approximate surface area is 161 Å². The van der Waals surface area contributed by atoms with Gasteiger partial charge in [0.25, 0.3) is 11.6 Å². The van der Waals surface area contributed by atoms with E-state index in [1.54, 1.807) is 0 Å². The summed E-state index contributed by atoms with van der Waals surface area (Å²) in [6.45, 7) is 0. The first-order valence-corrected chi connectivity index (χ1v) is 5.24. The molecule has 0 amide bonds. The van der Waals surface area contributed by atoms with Crippen LogP contribution in [0.15, 0.2) is 23.7 Å². The molecule has 0 aliphatic rings. The van der Waals surface area contributed by atoms with Crippen LogP contribution in [0, 0.1) is 0 Å². The number of halogens is 12. The topological polar surface area (TPSA) is 146 Å². The molecule has 6 nitrogen and oxygen atoms in total. The molecule has 0 aliphatic heterocycles. The number of alkyl halides is 12. The third-order valence-electron chi connectivity index (χ3n) is 1.64. The molecule has 175 valence electrons. The molecule has 0 spiro atoms. The van der Waals surface area contributed by atoms with E-state index in [1.807, 2.05) is 0 Å². The van der Waals surface area contributed by atoms with Gasteiger partial charge in [-0.3, -0.25) is 9.59 Å². The number of hydrogen-bond acceptors (Lipinski definition) is 4. The Bertz CT molecular complexity index is 532. The standard InChI is InChI=1S/2C5H2F6O2.Co.2H2O/c2*6-4(7,8)2(12)1-3(13)5(9,10)11;;;/h2*1,12H;;2*1H2/q;;+2;;/b2*2-1-;;;. The van der Waals surface area contributed by atoms with Gasteiger partial charge in [0.1, 0.15) is 0 Å². The van der Waals surface area contributed by atoms with Gasteiger partial charge in [-0.25, -0.2) is 0 Å². The van der Waals surface area contributed by atoms with Crippen molar-refractivity contribution in [1.29, 1.82) is 0 Å². The van der Waals surface area contributed by atoms with Crippen LogP contribution in [0.3, 0.4) is 0 Å². The number of carbonyl (C=O) groups excluding carboxylic acids is 2. The van der Waals surface area contributed by atoms with Crippen molar-refractivity contribution in [3.63, 3.8) is 0 Å². The maximum Gasteiger partial charge on any atom is 2.00 e. The van der Waals surface area contributed by atoms with E-state index in [0.717, 1.165) is 0 Å². The van der Waals surface area contributed by atoms with Crippen LogP contribution in [0.4, 0.5) is 52.7 Å². The molecule has 29 heavy (non-hydrogen) atoms. The van der Waals surface area contributed by atoms with Crippen LogP contribution >= 0.6 is 0 Å². The molecular formula is C10H8CoF12O6+2. The minimum atomic E-state index is -5.46. The van der Waals surface area contributed by atoms with Gasteiger partial charge in [-0.2, -0.15) is 52.7 Å². The van der Waals surface area contributed by atoms with Crippen molar-refractivity contribution in [1.82, 2.24) is 0 Å². The van der Waals surface area contributed by atoms with Crippen molar-refractivity contribution in [2.24, 2.45) is 0 Å². The molecular weight excluding hydrogens is 503 g/mol. The number of ketones is 2. The molecule has 6 N–H and O–H groups in total. The quantitative estimate of drug-likeness (QED) is 0.222. The van der Waals surface area contributed by atoms with Gasteiger partial charge < -0.3 is 21.2 Å². The van der Waals surface area contributed by atoms with Crippen LogP contribution in [0.5, 0.6) is 0 Å². The zero-order chi connectivity index (χ0) is 21.7. The van der Waals surface area contributed by atoms with Gasteiger partial charge in [0.05, 0.1) is 0 Å². The smallest absolute Gasteiger partial charge is 0.869 e. The van der Waals surface area contributed by atoms with E-state index < -0.39 is 59.9 Å². The van der Waals surface area contributed by atoms with Crippen LogP contribution in [0.1, 0.15) is 0 Å². The molecule has 0 atom stereocenters. The summed E-state index contributed by atoms with van der Waals surface area (Å²) >= 11 is 0. The molecule has 0 heterocycles. The second kappa shape index (κ2) is 12.5. The first-order chi connectivity index (χ1) is 11.1. The summed E-state index contributed by atoms with van der Waals surface area (Å²) in [5.41, 5.74) is 0. The summed E-state index contributed by atoms with van der Waals surface area (Å²) in [7, 11) is 0. The summed E-state index contributed by atoms with van der Waals surface area (Å²) in [5.74, 6) is -11.3. The van der Waals surface area contributed by atoms with E-state index in [2.05, 4.69) is 0 Å². The monoisotopic (exact) mass is 511 g/mol. The van der Waals surface area contributed by atoms with Gasteiger partial charge in [0, 0.05) is 0 Å². The maximum atomic E-state index is 11.3. The average Bonchev–Trinajstić information content (AvgIpc) is 2.34. The van der Waals surface area contributed by atoms with Gasteiger partial charge in [0.2, 0.25) is 0 Å². The Kier molecular flexibility index (Phi) is 16.3. The van der Waals surface area contributed by atoms with E-state index in [9.17, 15) is 72.5 Å². The predicted octanol–water partition coefficient (Wildman–Crippen LogP) is 0.00230. The number of allylic oxidation sites excluding steroid dienone is 4. The van der Waals surface area contributed by atoms with E-state index in [4.69, 9.17) is 0 Å². The fraction of sp³-hybridized carbons (Fsp3) is 0.400. The fourth-order valence-electron chi connectivity index (χ4n) is 0.565. The Balaban J connectivity index is -0.000000120. The Morgan fingerprint density at radius 1 is 0.517 bits per heavy atom. The van der Waals surface area contributed by atoms with Gasteiger partial charge in [-0.1, -0.05) is 0 Å². The second-order valence-corrected chi connectivity index (χ2v) is 3.74. The third-order valence-corrected chi connectivity index (χ3v) is 1.64. The third kappa shape index (κ3) is 16.6. The minimum Gasteiger partial charge on any atom is -0.869 e. The molecule has 0 aliphatic carbocycles. The zero-order valence-corrected chi connectivity index (χ0v) is 13.9. The van der Waals surface area contributed by atoms with Gasteiger partial charge >= 0.3 is 41.5 Å². The van der Waals surface area contributed by atoms with Crippen LogP contribution in [0.25, 0.3) is 0 Å². The second-order valence-electron chi connectivity index (χ2n) is 3.74. The number of carbonyl (C=O) groups is 2. The summed E-state index contributed by atoms with van der Waals surface area (Å²) in [4.78, 5) is 19.6. The molecule has 1 radical (unpaired) electrons. The summed E-state index contributed by atoms with van der Waals surface area (Å²) in [6, 6.07) is 0. The Hall–Kier alpha value is -1.99. The molecule has 0 unspecified atom stereocenters. The fourth-order valence-corrected chi connectivity index (χ4v) is 0.565. The summed E-state index contributed by atoms with van der Waals surface area (Å²) in [5, 5.41) is 19.6. The number of rotatable bonds is 2. The minimum absolute atomic E-state index is 0. The first-order valence-electron chi connectivity index (χ1n) is 5.24. The molecule has 0 aromatic heterocycles. The van der Waals surface area contributed by atoms with E-state index in [-0.39, 0.29) is 27.7 Å². The molecule has 0 fully saturated rings. The van der Waals surface area contributed by atoms with Crippen molar-refractivity contribution in [3.05, 3.63) is 23.7 Å². The molecule has 0 saturated carbocycles. The van der Waals surface area contributed by atoms with Crippen molar-refractivity contribution >= 4 is 11.6 Å². The predicted molar refractivity (Wildman–Crippen MR) is 60.1 cm³/mol. The molecule has 0 rings (SSSR count).